The van der Waals surface area contributed by atoms with Crippen molar-refractivity contribution in [2.24, 2.45) is 0 Å². The van der Waals surface area contributed by atoms with Gasteiger partial charge in [0.25, 0.3) is 0 Å². The summed E-state index contributed by atoms with van der Waals surface area (Å²) < 4.78 is 1.36. The highest BCUT2D eigenvalue weighted by Crippen LogP contribution is 2.29. The van der Waals surface area contributed by atoms with E-state index < -0.39 is 0 Å². The number of aromatic nitrogens is 2. The number of nitrogens with zero attached hydrogens (tertiary/aromatic N) is 3. The second-order valence-corrected chi connectivity index (χ2v) is 8.54. The van der Waals surface area contributed by atoms with Gasteiger partial charge in [-0.25, -0.2) is 4.98 Å². The summed E-state index contributed by atoms with van der Waals surface area (Å²) in [6.07, 6.45) is 6.70. The smallest absolute Gasteiger partial charge is 0.0939 e. The molecule has 0 unspecified atom stereocenters. The van der Waals surface area contributed by atoms with Gasteiger partial charge in [-0.05, 0) is 76.0 Å². The van der Waals surface area contributed by atoms with Gasteiger partial charge in [0, 0.05) is 24.2 Å². The average molecular weight is 366 g/mol. The van der Waals surface area contributed by atoms with Gasteiger partial charge in [-0.15, -0.1) is 11.3 Å². The molecule has 0 spiro atoms. The molecule has 0 bridgehead atoms. The number of rotatable bonds is 5. The third-order valence-electron chi connectivity index (χ3n) is 5.55. The maximum absolute atomic E-state index is 4.81. The zero-order valence-electron chi connectivity index (χ0n) is 15.7. The number of thiazole rings is 1. The van der Waals surface area contributed by atoms with Crippen LogP contribution in [0.25, 0.3) is 10.2 Å². The summed E-state index contributed by atoms with van der Waals surface area (Å²) in [5, 5.41) is 1.29. The van der Waals surface area contributed by atoms with Crippen molar-refractivity contribution in [2.75, 3.05) is 19.6 Å². The van der Waals surface area contributed by atoms with Crippen LogP contribution in [-0.4, -0.2) is 34.5 Å². The number of likely N-dealkylation sites (tertiary alicyclic amines) is 1. The molecule has 3 heterocycles. The SMILES string of the molecule is Cc1cccnc1C1CCN(CCCc2nc3cccc(C)c3s2)CC1. The van der Waals surface area contributed by atoms with Gasteiger partial charge in [0.1, 0.15) is 0 Å². The van der Waals surface area contributed by atoms with Gasteiger partial charge in [-0.1, -0.05) is 18.2 Å². The Kier molecular flexibility index (Phi) is 5.32. The first kappa shape index (κ1) is 17.6. The first-order valence-electron chi connectivity index (χ1n) is 9.69. The van der Waals surface area contributed by atoms with E-state index >= 15 is 0 Å². The fraction of sp³-hybridized carbons (Fsp3) is 0.455. The molecule has 1 aromatic carbocycles. The Balaban J connectivity index is 1.27. The van der Waals surface area contributed by atoms with Gasteiger partial charge in [-0.3, -0.25) is 4.98 Å². The van der Waals surface area contributed by atoms with Crippen LogP contribution in [0.5, 0.6) is 0 Å². The van der Waals surface area contributed by atoms with Crippen LogP contribution in [0, 0.1) is 13.8 Å². The van der Waals surface area contributed by atoms with Crippen LogP contribution in [0.2, 0.25) is 0 Å². The maximum atomic E-state index is 4.81. The Labute approximate surface area is 160 Å². The van der Waals surface area contributed by atoms with Crippen molar-refractivity contribution in [1.82, 2.24) is 14.9 Å². The van der Waals surface area contributed by atoms with Crippen molar-refractivity contribution < 1.29 is 0 Å². The number of benzene rings is 1. The first-order valence-corrected chi connectivity index (χ1v) is 10.5. The van der Waals surface area contributed by atoms with Crippen LogP contribution in [0.15, 0.2) is 36.5 Å². The lowest BCUT2D eigenvalue weighted by Gasteiger charge is -2.32. The van der Waals surface area contributed by atoms with E-state index in [2.05, 4.69) is 48.0 Å². The molecule has 4 heteroatoms. The molecule has 0 amide bonds. The second-order valence-electron chi connectivity index (χ2n) is 7.46. The highest BCUT2D eigenvalue weighted by molar-refractivity contribution is 7.18. The van der Waals surface area contributed by atoms with E-state index in [-0.39, 0.29) is 0 Å². The average Bonchev–Trinajstić information content (AvgIpc) is 3.07. The van der Waals surface area contributed by atoms with Crippen LogP contribution < -0.4 is 0 Å². The van der Waals surface area contributed by atoms with Crippen LogP contribution in [0.3, 0.4) is 0 Å². The Morgan fingerprint density at radius 1 is 1.08 bits per heavy atom. The van der Waals surface area contributed by atoms with E-state index in [1.807, 2.05) is 23.6 Å². The normalized spacial score (nSPS) is 16.4. The Morgan fingerprint density at radius 3 is 2.65 bits per heavy atom. The molecular formula is C22H27N3S. The quantitative estimate of drug-likeness (QED) is 0.628. The maximum Gasteiger partial charge on any atom is 0.0939 e. The summed E-state index contributed by atoms with van der Waals surface area (Å²) in [4.78, 5) is 12.1. The molecule has 2 aromatic heterocycles. The third-order valence-corrected chi connectivity index (χ3v) is 6.81. The molecule has 3 aromatic rings. The van der Waals surface area contributed by atoms with E-state index in [1.54, 1.807) is 0 Å². The predicted octanol–water partition coefficient (Wildman–Crippen LogP) is 5.12. The number of hydrogen-bond acceptors (Lipinski definition) is 4. The van der Waals surface area contributed by atoms with Crippen molar-refractivity contribution in [3.8, 4) is 0 Å². The van der Waals surface area contributed by atoms with Crippen molar-refractivity contribution in [3.05, 3.63) is 58.4 Å². The number of piperidine rings is 1. The summed E-state index contributed by atoms with van der Waals surface area (Å²) in [5.41, 5.74) is 5.17. The van der Waals surface area contributed by atoms with Crippen LogP contribution >= 0.6 is 11.3 Å². The number of hydrogen-bond donors (Lipinski definition) is 0. The Hall–Kier alpha value is -1.78. The van der Waals surface area contributed by atoms with E-state index in [0.29, 0.717) is 5.92 Å². The first-order chi connectivity index (χ1) is 12.7. The topological polar surface area (TPSA) is 29.0 Å². The highest BCUT2D eigenvalue weighted by atomic mass is 32.1. The summed E-state index contributed by atoms with van der Waals surface area (Å²) in [6, 6.07) is 10.6. The molecule has 0 N–H and O–H groups in total. The molecule has 3 nitrogen and oxygen atoms in total. The molecule has 136 valence electrons. The van der Waals surface area contributed by atoms with Crippen LogP contribution in [0.4, 0.5) is 0 Å². The van der Waals surface area contributed by atoms with Crippen molar-refractivity contribution in [2.45, 2.75) is 45.4 Å². The molecule has 1 aliphatic heterocycles. The molecule has 0 radical (unpaired) electrons. The van der Waals surface area contributed by atoms with Gasteiger partial charge in [0.2, 0.25) is 0 Å². The van der Waals surface area contributed by atoms with Crippen molar-refractivity contribution in [3.63, 3.8) is 0 Å². The monoisotopic (exact) mass is 365 g/mol. The second kappa shape index (κ2) is 7.85. The lowest BCUT2D eigenvalue weighted by molar-refractivity contribution is 0.208. The third kappa shape index (κ3) is 3.81. The van der Waals surface area contributed by atoms with Crippen LogP contribution in [-0.2, 0) is 6.42 Å². The zero-order chi connectivity index (χ0) is 17.9. The van der Waals surface area contributed by atoms with Crippen molar-refractivity contribution >= 4 is 21.6 Å². The molecule has 0 saturated carbocycles. The minimum absolute atomic E-state index is 0.639. The van der Waals surface area contributed by atoms with Gasteiger partial charge < -0.3 is 4.90 Å². The molecule has 26 heavy (non-hydrogen) atoms. The molecule has 1 aliphatic rings. The summed E-state index contributed by atoms with van der Waals surface area (Å²) in [6.45, 7) is 7.94. The number of aryl methyl sites for hydroxylation is 3. The molecule has 0 aliphatic carbocycles. The minimum atomic E-state index is 0.639. The Bertz CT molecular complexity index is 878. The van der Waals surface area contributed by atoms with Crippen LogP contribution in [0.1, 0.15) is 47.0 Å². The molecule has 4 rings (SSSR count). The van der Waals surface area contributed by atoms with E-state index in [1.165, 1.54) is 65.4 Å². The number of fused-ring (bicyclic) bond motifs is 1. The minimum Gasteiger partial charge on any atom is -0.303 e. The molecule has 0 atom stereocenters. The lowest BCUT2D eigenvalue weighted by atomic mass is 9.90. The van der Waals surface area contributed by atoms with Crippen molar-refractivity contribution in [1.29, 1.82) is 0 Å². The summed E-state index contributed by atoms with van der Waals surface area (Å²) in [5.74, 6) is 0.639. The van der Waals surface area contributed by atoms with Gasteiger partial charge in [-0.2, -0.15) is 0 Å². The fourth-order valence-electron chi connectivity index (χ4n) is 4.05. The fourth-order valence-corrected chi connectivity index (χ4v) is 5.12. The van der Waals surface area contributed by atoms with Gasteiger partial charge in [0.15, 0.2) is 0 Å². The standard InChI is InChI=1S/C22H27N3S/c1-16-7-4-12-23-21(16)18-10-14-25(15-11-18)13-5-9-20-24-19-8-3-6-17(2)22(19)26-20/h3-4,6-8,12,18H,5,9-11,13-15H2,1-2H3. The number of pyridine rings is 1. The largest absolute Gasteiger partial charge is 0.303 e. The predicted molar refractivity (Wildman–Crippen MR) is 110 cm³/mol. The van der Waals surface area contributed by atoms with E-state index in [0.717, 1.165) is 11.9 Å². The lowest BCUT2D eigenvalue weighted by Crippen LogP contribution is -2.34. The molecule has 1 fully saturated rings. The highest BCUT2D eigenvalue weighted by Gasteiger charge is 2.22. The van der Waals surface area contributed by atoms with E-state index in [4.69, 9.17) is 4.98 Å². The zero-order valence-corrected chi connectivity index (χ0v) is 16.6. The summed E-state index contributed by atoms with van der Waals surface area (Å²) in [7, 11) is 0. The molecule has 1 saturated heterocycles. The van der Waals surface area contributed by atoms with Gasteiger partial charge >= 0.3 is 0 Å². The van der Waals surface area contributed by atoms with E-state index in [9.17, 15) is 0 Å². The van der Waals surface area contributed by atoms with Gasteiger partial charge in [0.05, 0.1) is 15.2 Å². The molecular weight excluding hydrogens is 338 g/mol. The summed E-state index contributed by atoms with van der Waals surface area (Å²) >= 11 is 1.87. The Morgan fingerprint density at radius 2 is 1.88 bits per heavy atom.